The average Bonchev–Trinajstić information content (AvgIpc) is 2.46. The smallest absolute Gasteiger partial charge is 0.276 e. The largest absolute Gasteiger partial charge is 0.304 e. The Morgan fingerprint density at radius 3 is 2.85 bits per heavy atom. The van der Waals surface area contributed by atoms with Gasteiger partial charge in [0.2, 0.25) is 0 Å². The Labute approximate surface area is 117 Å². The molecule has 0 fully saturated rings. The maximum Gasteiger partial charge on any atom is 0.276 e. The minimum absolute atomic E-state index is 0.236. The Morgan fingerprint density at radius 1 is 1.25 bits per heavy atom. The average molecular weight is 270 g/mol. The number of carbonyl (C=O) groups is 1. The summed E-state index contributed by atoms with van der Waals surface area (Å²) in [5, 5.41) is 0. The van der Waals surface area contributed by atoms with Crippen LogP contribution in [0, 0.1) is 12.7 Å². The fourth-order valence-electron chi connectivity index (χ4n) is 2.61. The number of rotatable bonds is 1. The first-order chi connectivity index (χ1) is 9.66. The van der Waals surface area contributed by atoms with Crippen molar-refractivity contribution in [3.8, 4) is 0 Å². The summed E-state index contributed by atoms with van der Waals surface area (Å²) in [7, 11) is 0. The fourth-order valence-corrected chi connectivity index (χ4v) is 2.61. The lowest BCUT2D eigenvalue weighted by atomic mass is 10.0. The lowest BCUT2D eigenvalue weighted by molar-refractivity contribution is 0.0979. The van der Waals surface area contributed by atoms with Crippen molar-refractivity contribution in [1.29, 1.82) is 0 Å². The van der Waals surface area contributed by atoms with E-state index in [1.165, 1.54) is 11.0 Å². The molecule has 1 amide bonds. The number of aryl methyl sites for hydroxylation is 2. The first-order valence-electron chi connectivity index (χ1n) is 6.70. The predicted molar refractivity (Wildman–Crippen MR) is 75.4 cm³/mol. The molecule has 3 nitrogen and oxygen atoms in total. The van der Waals surface area contributed by atoms with Crippen LogP contribution in [0.4, 0.5) is 10.1 Å². The third kappa shape index (κ3) is 2.18. The van der Waals surface area contributed by atoms with Gasteiger partial charge in [-0.2, -0.15) is 0 Å². The molecule has 3 rings (SSSR count). The van der Waals surface area contributed by atoms with Crippen molar-refractivity contribution in [3.05, 3.63) is 59.2 Å². The van der Waals surface area contributed by atoms with Crippen LogP contribution < -0.4 is 4.90 Å². The van der Waals surface area contributed by atoms with Crippen LogP contribution in [0.25, 0.3) is 0 Å². The Kier molecular flexibility index (Phi) is 3.22. The van der Waals surface area contributed by atoms with Gasteiger partial charge in [0.15, 0.2) is 0 Å². The van der Waals surface area contributed by atoms with Gasteiger partial charge in [-0.15, -0.1) is 0 Å². The van der Waals surface area contributed by atoms with E-state index < -0.39 is 0 Å². The molecule has 102 valence electrons. The molecule has 0 saturated heterocycles. The van der Waals surface area contributed by atoms with E-state index in [1.54, 1.807) is 18.2 Å². The summed E-state index contributed by atoms with van der Waals surface area (Å²) < 4.78 is 14.1. The highest BCUT2D eigenvalue weighted by molar-refractivity contribution is 6.05. The molecule has 0 spiro atoms. The monoisotopic (exact) mass is 270 g/mol. The summed E-state index contributed by atoms with van der Waals surface area (Å²) in [5.74, 6) is -0.581. The molecule has 1 aromatic heterocycles. The molecule has 0 unspecified atom stereocenters. The molecule has 0 radical (unpaired) electrons. The number of fused-ring (bicyclic) bond motifs is 1. The molecule has 20 heavy (non-hydrogen) atoms. The van der Waals surface area contributed by atoms with Gasteiger partial charge in [-0.1, -0.05) is 18.2 Å². The summed E-state index contributed by atoms with van der Waals surface area (Å²) in [5.41, 5.74) is 2.44. The van der Waals surface area contributed by atoms with Crippen LogP contribution in [0.15, 0.2) is 36.4 Å². The number of hydrogen-bond donors (Lipinski definition) is 0. The van der Waals surface area contributed by atoms with Crippen molar-refractivity contribution in [3.63, 3.8) is 0 Å². The molecular formula is C16H15FN2O. The van der Waals surface area contributed by atoms with E-state index in [2.05, 4.69) is 4.98 Å². The van der Waals surface area contributed by atoms with Crippen LogP contribution in [-0.2, 0) is 6.42 Å². The van der Waals surface area contributed by atoms with Gasteiger partial charge in [0.05, 0.1) is 5.69 Å². The van der Waals surface area contributed by atoms with Crippen molar-refractivity contribution in [2.75, 3.05) is 11.4 Å². The number of amides is 1. The first-order valence-corrected chi connectivity index (χ1v) is 6.70. The maximum atomic E-state index is 14.1. The van der Waals surface area contributed by atoms with E-state index in [0.29, 0.717) is 17.9 Å². The zero-order valence-corrected chi connectivity index (χ0v) is 11.3. The number of hydrogen-bond acceptors (Lipinski definition) is 2. The fraction of sp³-hybridized carbons (Fsp3) is 0.250. The standard InChI is InChI=1S/C16H15FN2O/c1-11-5-2-9-14(18-11)16(20)19-10-4-7-12-6-3-8-13(17)15(12)19/h2-3,5-6,8-9H,4,7,10H2,1H3. The van der Waals surface area contributed by atoms with Crippen LogP contribution >= 0.6 is 0 Å². The van der Waals surface area contributed by atoms with E-state index in [1.807, 2.05) is 19.1 Å². The van der Waals surface area contributed by atoms with E-state index in [0.717, 1.165) is 24.1 Å². The maximum absolute atomic E-state index is 14.1. The molecular weight excluding hydrogens is 255 g/mol. The van der Waals surface area contributed by atoms with Crippen molar-refractivity contribution in [1.82, 2.24) is 4.98 Å². The lowest BCUT2D eigenvalue weighted by Crippen LogP contribution is -2.36. The number of benzene rings is 1. The van der Waals surface area contributed by atoms with Gasteiger partial charge in [-0.3, -0.25) is 4.79 Å². The SMILES string of the molecule is Cc1cccc(C(=O)N2CCCc3cccc(F)c32)n1. The zero-order valence-electron chi connectivity index (χ0n) is 11.3. The minimum Gasteiger partial charge on any atom is -0.304 e. The molecule has 0 bridgehead atoms. The van der Waals surface area contributed by atoms with Crippen molar-refractivity contribution in [2.45, 2.75) is 19.8 Å². The summed E-state index contributed by atoms with van der Waals surface area (Å²) >= 11 is 0. The molecule has 1 aromatic carbocycles. The highest BCUT2D eigenvalue weighted by atomic mass is 19.1. The molecule has 0 atom stereocenters. The molecule has 1 aliphatic heterocycles. The second-order valence-corrected chi connectivity index (χ2v) is 4.97. The first kappa shape index (κ1) is 12.8. The number of anilines is 1. The number of carbonyl (C=O) groups excluding carboxylic acids is 1. The molecule has 1 aliphatic rings. The molecule has 2 heterocycles. The van der Waals surface area contributed by atoms with Gasteiger partial charge in [-0.05, 0) is 43.5 Å². The van der Waals surface area contributed by atoms with Gasteiger partial charge >= 0.3 is 0 Å². The van der Waals surface area contributed by atoms with Crippen LogP contribution in [0.2, 0.25) is 0 Å². The van der Waals surface area contributed by atoms with Crippen LogP contribution in [-0.4, -0.2) is 17.4 Å². The highest BCUT2D eigenvalue weighted by Crippen LogP contribution is 2.30. The van der Waals surface area contributed by atoms with Crippen molar-refractivity contribution >= 4 is 11.6 Å². The Bertz CT molecular complexity index is 669. The number of pyridine rings is 1. The zero-order chi connectivity index (χ0) is 14.1. The second-order valence-electron chi connectivity index (χ2n) is 4.97. The summed E-state index contributed by atoms with van der Waals surface area (Å²) in [4.78, 5) is 18.3. The van der Waals surface area contributed by atoms with Crippen molar-refractivity contribution < 1.29 is 9.18 Å². The van der Waals surface area contributed by atoms with E-state index in [4.69, 9.17) is 0 Å². The van der Waals surface area contributed by atoms with E-state index in [-0.39, 0.29) is 11.7 Å². The van der Waals surface area contributed by atoms with Crippen molar-refractivity contribution in [2.24, 2.45) is 0 Å². The van der Waals surface area contributed by atoms with Crippen LogP contribution in [0.1, 0.15) is 28.2 Å². The molecule has 4 heteroatoms. The Hall–Kier alpha value is -2.23. The number of para-hydroxylation sites is 1. The van der Waals surface area contributed by atoms with Gasteiger partial charge in [0.1, 0.15) is 11.5 Å². The number of halogens is 1. The minimum atomic E-state index is -0.344. The summed E-state index contributed by atoms with van der Waals surface area (Å²) in [6.45, 7) is 2.36. The number of aromatic nitrogens is 1. The third-order valence-corrected chi connectivity index (χ3v) is 3.52. The Morgan fingerprint density at radius 2 is 2.05 bits per heavy atom. The molecule has 0 aliphatic carbocycles. The van der Waals surface area contributed by atoms with Gasteiger partial charge in [0.25, 0.3) is 5.91 Å². The second kappa shape index (κ2) is 5.04. The summed E-state index contributed by atoms with van der Waals surface area (Å²) in [6.07, 6.45) is 1.64. The highest BCUT2D eigenvalue weighted by Gasteiger charge is 2.26. The van der Waals surface area contributed by atoms with Crippen LogP contribution in [0.3, 0.4) is 0 Å². The topological polar surface area (TPSA) is 33.2 Å². The van der Waals surface area contributed by atoms with Crippen LogP contribution in [0.5, 0.6) is 0 Å². The van der Waals surface area contributed by atoms with E-state index >= 15 is 0 Å². The predicted octanol–water partition coefficient (Wildman–Crippen LogP) is 3.12. The number of nitrogens with zero attached hydrogens (tertiary/aromatic N) is 2. The Balaban J connectivity index is 2.03. The molecule has 0 N–H and O–H groups in total. The molecule has 0 saturated carbocycles. The van der Waals surface area contributed by atoms with Gasteiger partial charge < -0.3 is 4.90 Å². The lowest BCUT2D eigenvalue weighted by Gasteiger charge is -2.29. The van der Waals surface area contributed by atoms with E-state index in [9.17, 15) is 9.18 Å². The van der Waals surface area contributed by atoms with Gasteiger partial charge in [-0.25, -0.2) is 9.37 Å². The molecule has 2 aromatic rings. The normalized spacial score (nSPS) is 14.0. The summed E-state index contributed by atoms with van der Waals surface area (Å²) in [6, 6.07) is 10.3. The van der Waals surface area contributed by atoms with Gasteiger partial charge in [0, 0.05) is 12.2 Å². The quantitative estimate of drug-likeness (QED) is 0.797. The third-order valence-electron chi connectivity index (χ3n) is 3.52.